The molecule has 2 rings (SSSR count). The van der Waals surface area contributed by atoms with Crippen LogP contribution in [0.2, 0.25) is 0 Å². The Morgan fingerprint density at radius 1 is 1.17 bits per heavy atom. The maximum absolute atomic E-state index is 5.68. The van der Waals surface area contributed by atoms with Crippen LogP contribution in [-0.2, 0) is 12.3 Å². The van der Waals surface area contributed by atoms with Crippen LogP contribution in [0.1, 0.15) is 18.3 Å². The molecule has 1 aromatic heterocycles. The lowest BCUT2D eigenvalue weighted by molar-refractivity contribution is 0.979. The van der Waals surface area contributed by atoms with Crippen molar-refractivity contribution in [2.75, 3.05) is 11.1 Å². The van der Waals surface area contributed by atoms with E-state index in [1.165, 1.54) is 5.56 Å². The number of nitrogens with two attached hydrogens (primary N) is 1. The van der Waals surface area contributed by atoms with Crippen LogP contribution in [0, 0.1) is 0 Å². The molecule has 0 aliphatic rings. The van der Waals surface area contributed by atoms with Gasteiger partial charge in [-0.2, -0.15) is 15.0 Å². The van der Waals surface area contributed by atoms with Crippen molar-refractivity contribution in [3.05, 3.63) is 35.7 Å². The predicted molar refractivity (Wildman–Crippen MR) is 72.9 cm³/mol. The molecule has 0 saturated heterocycles. The Morgan fingerprint density at radius 2 is 1.89 bits per heavy atom. The lowest BCUT2D eigenvalue weighted by atomic mass is 10.1. The molecule has 0 aliphatic heterocycles. The van der Waals surface area contributed by atoms with Crippen LogP contribution in [0.15, 0.2) is 24.3 Å². The number of nitrogens with one attached hydrogen (secondary N) is 1. The average molecular weight is 264 g/mol. The molecule has 1 heterocycles. The van der Waals surface area contributed by atoms with Crippen molar-refractivity contribution in [2.24, 2.45) is 0 Å². The van der Waals surface area contributed by atoms with Gasteiger partial charge in [-0.1, -0.05) is 19.1 Å². The van der Waals surface area contributed by atoms with Crippen LogP contribution in [0.5, 0.6) is 0 Å². The number of alkyl halides is 1. The van der Waals surface area contributed by atoms with Crippen molar-refractivity contribution in [3.63, 3.8) is 0 Å². The molecule has 0 saturated carbocycles. The maximum Gasteiger partial charge on any atom is 0.232 e. The van der Waals surface area contributed by atoms with Crippen LogP contribution in [0.3, 0.4) is 0 Å². The van der Waals surface area contributed by atoms with Gasteiger partial charge in [0, 0.05) is 5.69 Å². The maximum atomic E-state index is 5.68. The highest BCUT2D eigenvalue weighted by molar-refractivity contribution is 6.16. The van der Waals surface area contributed by atoms with Gasteiger partial charge in [0.05, 0.1) is 5.88 Å². The van der Waals surface area contributed by atoms with E-state index in [0.29, 0.717) is 11.8 Å². The third kappa shape index (κ3) is 3.07. The SMILES string of the molecule is CCc1ccc(Nc2nc(N)nc(CCl)n2)cc1. The molecule has 0 fully saturated rings. The molecule has 1 aromatic carbocycles. The third-order valence-corrected chi connectivity index (χ3v) is 2.68. The van der Waals surface area contributed by atoms with Crippen LogP contribution in [-0.4, -0.2) is 15.0 Å². The van der Waals surface area contributed by atoms with E-state index in [1.807, 2.05) is 12.1 Å². The molecule has 0 amide bonds. The Kier molecular flexibility index (Phi) is 3.94. The van der Waals surface area contributed by atoms with Gasteiger partial charge in [-0.15, -0.1) is 11.6 Å². The van der Waals surface area contributed by atoms with Gasteiger partial charge in [0.2, 0.25) is 11.9 Å². The lowest BCUT2D eigenvalue weighted by Gasteiger charge is -2.06. The van der Waals surface area contributed by atoms with Gasteiger partial charge >= 0.3 is 0 Å². The lowest BCUT2D eigenvalue weighted by Crippen LogP contribution is -2.06. The summed E-state index contributed by atoms with van der Waals surface area (Å²) in [5, 5.41) is 3.07. The van der Waals surface area contributed by atoms with Gasteiger partial charge < -0.3 is 11.1 Å². The Balaban J connectivity index is 2.19. The van der Waals surface area contributed by atoms with E-state index in [4.69, 9.17) is 17.3 Å². The van der Waals surface area contributed by atoms with E-state index in [9.17, 15) is 0 Å². The molecule has 0 spiro atoms. The topological polar surface area (TPSA) is 76.7 Å². The molecule has 0 bridgehead atoms. The smallest absolute Gasteiger partial charge is 0.232 e. The molecule has 2 aromatic rings. The van der Waals surface area contributed by atoms with E-state index in [1.54, 1.807) is 0 Å². The summed E-state index contributed by atoms with van der Waals surface area (Å²) in [7, 11) is 0. The zero-order valence-electron chi connectivity index (χ0n) is 10.0. The zero-order valence-corrected chi connectivity index (χ0v) is 10.8. The van der Waals surface area contributed by atoms with E-state index < -0.39 is 0 Å². The first kappa shape index (κ1) is 12.6. The summed E-state index contributed by atoms with van der Waals surface area (Å²) in [6.07, 6.45) is 1.01. The Bertz CT molecular complexity index is 526. The summed E-state index contributed by atoms with van der Waals surface area (Å²) >= 11 is 5.68. The number of nitrogen functional groups attached to an aromatic ring is 1. The standard InChI is InChI=1S/C12H14ClN5/c1-2-8-3-5-9(6-4-8)15-12-17-10(7-13)16-11(14)18-12/h3-6H,2,7H2,1H3,(H3,14,15,16,17,18). The van der Waals surface area contributed by atoms with E-state index in [0.717, 1.165) is 12.1 Å². The van der Waals surface area contributed by atoms with Gasteiger partial charge in [0.1, 0.15) is 0 Å². The van der Waals surface area contributed by atoms with Crippen molar-refractivity contribution >= 4 is 29.2 Å². The first-order valence-electron chi connectivity index (χ1n) is 5.63. The molecular weight excluding hydrogens is 250 g/mol. The third-order valence-electron chi connectivity index (χ3n) is 2.44. The number of hydrogen-bond donors (Lipinski definition) is 2. The monoisotopic (exact) mass is 263 g/mol. The second kappa shape index (κ2) is 5.64. The van der Waals surface area contributed by atoms with Crippen LogP contribution < -0.4 is 11.1 Å². The molecular formula is C12H14ClN5. The van der Waals surface area contributed by atoms with Crippen LogP contribution in [0.4, 0.5) is 17.6 Å². The van der Waals surface area contributed by atoms with Crippen molar-refractivity contribution in [2.45, 2.75) is 19.2 Å². The minimum atomic E-state index is 0.160. The van der Waals surface area contributed by atoms with Crippen LogP contribution in [0.25, 0.3) is 0 Å². The highest BCUT2D eigenvalue weighted by Crippen LogP contribution is 2.15. The Hall–Kier alpha value is -1.88. The highest BCUT2D eigenvalue weighted by atomic mass is 35.5. The van der Waals surface area contributed by atoms with Crippen molar-refractivity contribution in [1.29, 1.82) is 0 Å². The molecule has 0 radical (unpaired) electrons. The number of aryl methyl sites for hydroxylation is 1. The summed E-state index contributed by atoms with van der Waals surface area (Å²) in [5.41, 5.74) is 7.75. The summed E-state index contributed by atoms with van der Waals surface area (Å²) < 4.78 is 0. The van der Waals surface area contributed by atoms with E-state index in [-0.39, 0.29) is 11.8 Å². The number of halogens is 1. The number of anilines is 3. The zero-order chi connectivity index (χ0) is 13.0. The van der Waals surface area contributed by atoms with Gasteiger partial charge in [-0.05, 0) is 24.1 Å². The molecule has 18 heavy (non-hydrogen) atoms. The number of aromatic nitrogens is 3. The average Bonchev–Trinajstić information content (AvgIpc) is 2.39. The summed E-state index contributed by atoms with van der Waals surface area (Å²) in [6.45, 7) is 2.11. The predicted octanol–water partition coefficient (Wildman–Crippen LogP) is 2.50. The fraction of sp³-hybridized carbons (Fsp3) is 0.250. The normalized spacial score (nSPS) is 10.3. The fourth-order valence-corrected chi connectivity index (χ4v) is 1.63. The summed E-state index contributed by atoms with van der Waals surface area (Å²) in [6, 6.07) is 8.04. The molecule has 0 atom stereocenters. The fourth-order valence-electron chi connectivity index (χ4n) is 1.51. The van der Waals surface area contributed by atoms with Crippen molar-refractivity contribution < 1.29 is 0 Å². The summed E-state index contributed by atoms with van der Waals surface area (Å²) in [5.74, 6) is 1.23. The van der Waals surface area contributed by atoms with Crippen molar-refractivity contribution in [1.82, 2.24) is 15.0 Å². The number of benzene rings is 1. The largest absolute Gasteiger partial charge is 0.368 e. The highest BCUT2D eigenvalue weighted by Gasteiger charge is 2.03. The summed E-state index contributed by atoms with van der Waals surface area (Å²) in [4.78, 5) is 12.1. The van der Waals surface area contributed by atoms with Gasteiger partial charge in [0.15, 0.2) is 5.82 Å². The first-order chi connectivity index (χ1) is 8.71. The minimum absolute atomic E-state index is 0.160. The number of rotatable bonds is 4. The molecule has 6 heteroatoms. The minimum Gasteiger partial charge on any atom is -0.368 e. The Morgan fingerprint density at radius 3 is 2.50 bits per heavy atom. The van der Waals surface area contributed by atoms with E-state index >= 15 is 0 Å². The van der Waals surface area contributed by atoms with Gasteiger partial charge in [-0.3, -0.25) is 0 Å². The van der Waals surface area contributed by atoms with Gasteiger partial charge in [-0.25, -0.2) is 0 Å². The van der Waals surface area contributed by atoms with Crippen LogP contribution >= 0.6 is 11.6 Å². The molecule has 5 nitrogen and oxygen atoms in total. The Labute approximate surface area is 110 Å². The molecule has 0 aliphatic carbocycles. The van der Waals surface area contributed by atoms with Gasteiger partial charge in [0.25, 0.3) is 0 Å². The molecule has 0 unspecified atom stereocenters. The number of hydrogen-bond acceptors (Lipinski definition) is 5. The second-order valence-electron chi connectivity index (χ2n) is 3.74. The second-order valence-corrected chi connectivity index (χ2v) is 4.01. The van der Waals surface area contributed by atoms with Crippen molar-refractivity contribution in [3.8, 4) is 0 Å². The molecule has 3 N–H and O–H groups in total. The van der Waals surface area contributed by atoms with E-state index in [2.05, 4.69) is 39.3 Å². The number of nitrogens with zero attached hydrogens (tertiary/aromatic N) is 3. The molecule has 94 valence electrons. The quantitative estimate of drug-likeness (QED) is 0.829. The first-order valence-corrected chi connectivity index (χ1v) is 6.17.